The van der Waals surface area contributed by atoms with E-state index >= 15 is 0 Å². The van der Waals surface area contributed by atoms with E-state index < -0.39 is 0 Å². The van der Waals surface area contributed by atoms with Crippen LogP contribution in [0.25, 0.3) is 0 Å². The normalized spacial score (nSPS) is 13.1. The smallest absolute Gasteiger partial charge is 0.256 e. The molecule has 4 rings (SSSR count). The lowest BCUT2D eigenvalue weighted by Crippen LogP contribution is -2.50. The summed E-state index contributed by atoms with van der Waals surface area (Å²) in [4.78, 5) is 26.4. The molecule has 0 aliphatic carbocycles. The Morgan fingerprint density at radius 2 is 1.74 bits per heavy atom. The molecule has 0 unspecified atom stereocenters. The lowest BCUT2D eigenvalue weighted by Gasteiger charge is -2.37. The highest BCUT2D eigenvalue weighted by atomic mass is 35.5. The van der Waals surface area contributed by atoms with E-state index in [1.807, 2.05) is 17.1 Å². The minimum atomic E-state index is -0.140. The Morgan fingerprint density at radius 1 is 1.03 bits per heavy atom. The number of hydrogen-bond acceptors (Lipinski definition) is 5. The van der Waals surface area contributed by atoms with E-state index in [1.54, 1.807) is 59.4 Å². The number of nitrogens with zero attached hydrogens (tertiary/aromatic N) is 3. The summed E-state index contributed by atoms with van der Waals surface area (Å²) < 4.78 is 6.03. The Morgan fingerprint density at radius 3 is 2.47 bits per heavy atom. The second kappa shape index (κ2) is 10.9. The first-order chi connectivity index (χ1) is 16.4. The molecule has 3 aromatic rings. The topological polar surface area (TPSA) is 53.1 Å². The van der Waals surface area contributed by atoms with Crippen LogP contribution in [-0.4, -0.2) is 48.9 Å². The zero-order valence-electron chi connectivity index (χ0n) is 18.8. The van der Waals surface area contributed by atoms with Gasteiger partial charge in [-0.1, -0.05) is 47.5 Å². The van der Waals surface area contributed by atoms with Crippen molar-refractivity contribution in [1.29, 1.82) is 0 Å². The van der Waals surface area contributed by atoms with E-state index in [1.165, 1.54) is 11.1 Å². The summed E-state index contributed by atoms with van der Waals surface area (Å²) in [6, 6.07) is 20.3. The van der Waals surface area contributed by atoms with Crippen LogP contribution in [0.5, 0.6) is 11.5 Å². The van der Waals surface area contributed by atoms with Gasteiger partial charge in [0.25, 0.3) is 5.91 Å². The third-order valence-electron chi connectivity index (χ3n) is 5.82. The highest BCUT2D eigenvalue weighted by Gasteiger charge is 2.25. The van der Waals surface area contributed by atoms with Crippen LogP contribution in [0.3, 0.4) is 0 Å². The van der Waals surface area contributed by atoms with Crippen molar-refractivity contribution in [2.75, 3.05) is 31.6 Å². The molecule has 0 saturated carbocycles. The van der Waals surface area contributed by atoms with E-state index in [0.717, 1.165) is 19.3 Å². The first-order valence-corrected chi connectivity index (χ1v) is 11.7. The first-order valence-electron chi connectivity index (χ1n) is 10.9. The predicted molar refractivity (Wildman–Crippen MR) is 135 cm³/mol. The Balaban J connectivity index is 1.52. The number of halogens is 2. The second-order valence-corrected chi connectivity index (χ2v) is 8.91. The maximum atomic E-state index is 13.2. The molecule has 0 atom stereocenters. The maximum Gasteiger partial charge on any atom is 0.256 e. The molecular weight excluding hydrogens is 473 g/mol. The van der Waals surface area contributed by atoms with Gasteiger partial charge in [-0.15, -0.1) is 0 Å². The molecule has 1 aliphatic rings. The van der Waals surface area contributed by atoms with E-state index in [0.29, 0.717) is 33.8 Å². The average molecular weight is 498 g/mol. The molecule has 0 radical (unpaired) electrons. The summed E-state index contributed by atoms with van der Waals surface area (Å²) >= 11 is 12.2. The van der Waals surface area contributed by atoms with E-state index in [9.17, 15) is 9.59 Å². The minimum absolute atomic E-state index is 0.00922. The van der Waals surface area contributed by atoms with Gasteiger partial charge in [-0.05, 0) is 60.0 Å². The Kier molecular flexibility index (Phi) is 7.73. The molecule has 0 spiro atoms. The number of anilines is 1. The number of carbonyl (C=O) groups excluding carboxylic acids is 2. The zero-order valence-corrected chi connectivity index (χ0v) is 20.3. The van der Waals surface area contributed by atoms with Crippen molar-refractivity contribution >= 4 is 41.1 Å². The average Bonchev–Trinajstić information content (AvgIpc) is 2.85. The highest BCUT2D eigenvalue weighted by Crippen LogP contribution is 2.35. The molecule has 176 valence electrons. The van der Waals surface area contributed by atoms with Crippen LogP contribution in [0.1, 0.15) is 11.1 Å². The Labute approximate surface area is 209 Å². The molecule has 1 amide bonds. The minimum Gasteiger partial charge on any atom is -0.455 e. The van der Waals surface area contributed by atoms with Crippen molar-refractivity contribution in [2.45, 2.75) is 13.0 Å². The molecule has 0 N–H and O–H groups in total. The molecule has 0 fully saturated rings. The van der Waals surface area contributed by atoms with Gasteiger partial charge in [0.15, 0.2) is 5.75 Å². The fraction of sp³-hybridized carbons (Fsp3) is 0.231. The number of hydrazine groups is 1. The summed E-state index contributed by atoms with van der Waals surface area (Å²) in [5.41, 5.74) is 3.08. The number of amides is 1. The van der Waals surface area contributed by atoms with Gasteiger partial charge < -0.3 is 14.4 Å². The molecule has 3 aromatic carbocycles. The number of fused-ring (bicyclic) bond motifs is 1. The summed E-state index contributed by atoms with van der Waals surface area (Å²) in [5, 5.41) is 4.73. The lowest BCUT2D eigenvalue weighted by atomic mass is 10.0. The number of aldehydes is 1. The quantitative estimate of drug-likeness (QED) is 0.399. The molecule has 1 heterocycles. The van der Waals surface area contributed by atoms with E-state index in [4.69, 9.17) is 27.9 Å². The maximum absolute atomic E-state index is 13.2. The summed E-state index contributed by atoms with van der Waals surface area (Å²) in [6.07, 6.45) is 1.64. The van der Waals surface area contributed by atoms with Crippen molar-refractivity contribution in [2.24, 2.45) is 0 Å². The van der Waals surface area contributed by atoms with Crippen LogP contribution in [0, 0.1) is 0 Å². The van der Waals surface area contributed by atoms with E-state index in [2.05, 4.69) is 12.1 Å². The molecule has 0 bridgehead atoms. The van der Waals surface area contributed by atoms with Crippen LogP contribution in [0.4, 0.5) is 5.69 Å². The van der Waals surface area contributed by atoms with Crippen LogP contribution in [0.15, 0.2) is 66.7 Å². The number of carbonyl (C=O) groups is 2. The lowest BCUT2D eigenvalue weighted by molar-refractivity contribution is -0.145. The molecular formula is C26H25Cl2N3O3. The summed E-state index contributed by atoms with van der Waals surface area (Å²) in [6.45, 7) is 1.41. The fourth-order valence-electron chi connectivity index (χ4n) is 3.95. The molecule has 1 aliphatic heterocycles. The van der Waals surface area contributed by atoms with Crippen molar-refractivity contribution in [3.8, 4) is 11.5 Å². The van der Waals surface area contributed by atoms with Gasteiger partial charge in [-0.25, -0.2) is 5.01 Å². The van der Waals surface area contributed by atoms with Crippen LogP contribution in [0.2, 0.25) is 10.0 Å². The van der Waals surface area contributed by atoms with Crippen molar-refractivity contribution in [3.63, 3.8) is 0 Å². The predicted octanol–water partition coefficient (Wildman–Crippen LogP) is 5.22. The fourth-order valence-corrected chi connectivity index (χ4v) is 4.24. The van der Waals surface area contributed by atoms with Crippen molar-refractivity contribution < 1.29 is 14.3 Å². The van der Waals surface area contributed by atoms with Crippen LogP contribution < -0.4 is 9.64 Å². The van der Waals surface area contributed by atoms with Gasteiger partial charge in [0.05, 0.1) is 18.8 Å². The molecule has 8 heteroatoms. The van der Waals surface area contributed by atoms with Crippen molar-refractivity contribution in [1.82, 2.24) is 10.0 Å². The zero-order chi connectivity index (χ0) is 24.1. The third-order valence-corrected chi connectivity index (χ3v) is 6.31. The van der Waals surface area contributed by atoms with Gasteiger partial charge in [0.2, 0.25) is 0 Å². The van der Waals surface area contributed by atoms with Gasteiger partial charge >= 0.3 is 0 Å². The number of ether oxygens (including phenoxy) is 1. The standard InChI is InChI=1S/C26H25Cl2N3O3/c1-29(31-13-12-19-4-2-3-5-20(19)17-31)26(33)18-30(14-15-32)24-16-22(28)8-11-25(24)34-23-9-6-21(27)7-10-23/h2-11,15-16H,12-14,17-18H2,1H3. The van der Waals surface area contributed by atoms with Gasteiger partial charge in [0.1, 0.15) is 12.0 Å². The Bertz CT molecular complexity index is 1170. The second-order valence-electron chi connectivity index (χ2n) is 8.04. The number of benzene rings is 3. The van der Waals surface area contributed by atoms with E-state index in [-0.39, 0.29) is 19.0 Å². The molecule has 0 saturated heterocycles. The number of likely N-dealkylation sites (N-methyl/N-ethyl adjacent to an activating group) is 1. The third kappa shape index (κ3) is 5.70. The SMILES string of the molecule is CN(C(=O)CN(CC=O)c1cc(Cl)ccc1Oc1ccc(Cl)cc1)N1CCc2ccccc2C1. The van der Waals surface area contributed by atoms with Gasteiger partial charge in [-0.3, -0.25) is 9.80 Å². The molecule has 0 aromatic heterocycles. The van der Waals surface area contributed by atoms with Crippen molar-refractivity contribution in [3.05, 3.63) is 87.9 Å². The van der Waals surface area contributed by atoms with Gasteiger partial charge in [0, 0.05) is 30.2 Å². The largest absolute Gasteiger partial charge is 0.455 e. The van der Waals surface area contributed by atoms with Crippen LogP contribution >= 0.6 is 23.2 Å². The molecule has 34 heavy (non-hydrogen) atoms. The highest BCUT2D eigenvalue weighted by molar-refractivity contribution is 6.31. The Hall–Kier alpha value is -3.06. The van der Waals surface area contributed by atoms with Gasteiger partial charge in [-0.2, -0.15) is 0 Å². The first kappa shape index (κ1) is 24.1. The summed E-state index contributed by atoms with van der Waals surface area (Å²) in [5.74, 6) is 0.920. The van der Waals surface area contributed by atoms with Crippen LogP contribution in [-0.2, 0) is 22.6 Å². The molecule has 6 nitrogen and oxygen atoms in total. The number of rotatable bonds is 8. The summed E-state index contributed by atoms with van der Waals surface area (Å²) in [7, 11) is 1.76. The monoisotopic (exact) mass is 497 g/mol. The number of hydrogen-bond donors (Lipinski definition) is 0.